The van der Waals surface area contributed by atoms with Crippen LogP contribution in [0.15, 0.2) is 0 Å². The Labute approximate surface area is 283 Å². The van der Waals surface area contributed by atoms with Crippen LogP contribution in [0, 0.1) is 11.3 Å². The van der Waals surface area contributed by atoms with Gasteiger partial charge in [0.1, 0.15) is 13.2 Å². The summed E-state index contributed by atoms with van der Waals surface area (Å²) in [7, 11) is 3.91. The molecule has 0 aliphatic heterocycles. The zero-order valence-electron chi connectivity index (χ0n) is 30.4. The van der Waals surface area contributed by atoms with Gasteiger partial charge in [0.2, 0.25) is 0 Å². The van der Waals surface area contributed by atoms with Crippen molar-refractivity contribution in [1.82, 2.24) is 4.90 Å². The number of carbonyl (C=O) groups is 2. The van der Waals surface area contributed by atoms with E-state index in [-0.39, 0.29) is 36.5 Å². The van der Waals surface area contributed by atoms with Crippen LogP contribution in [0.25, 0.3) is 0 Å². The molecule has 47 heavy (non-hydrogen) atoms. The van der Waals surface area contributed by atoms with Crippen LogP contribution in [0.1, 0.15) is 47.5 Å². The van der Waals surface area contributed by atoms with Crippen molar-refractivity contribution in [3.05, 3.63) is 0 Å². The summed E-state index contributed by atoms with van der Waals surface area (Å²) >= 11 is 0. The monoisotopic (exact) mass is 685 g/mol. The van der Waals surface area contributed by atoms with Crippen molar-refractivity contribution in [3.63, 3.8) is 0 Å². The maximum Gasteiger partial charge on any atom is 0.311 e. The maximum absolute atomic E-state index is 11.5. The number of aliphatic hydroxyl groups excluding tert-OH is 1. The first kappa shape index (κ1) is 47.7. The molecular weight excluding hydrogens is 618 g/mol. The van der Waals surface area contributed by atoms with E-state index in [4.69, 9.17) is 52.5 Å². The van der Waals surface area contributed by atoms with Crippen LogP contribution in [0.3, 0.4) is 0 Å². The number of likely N-dealkylation sites (N-methyl/N-ethyl adjacent to an activating group) is 1. The lowest BCUT2D eigenvalue weighted by atomic mass is 9.91. The molecule has 0 aromatic rings. The first-order chi connectivity index (χ1) is 22.6. The van der Waals surface area contributed by atoms with Crippen LogP contribution in [-0.4, -0.2) is 168 Å². The highest BCUT2D eigenvalue weighted by molar-refractivity contribution is 5.75. The van der Waals surface area contributed by atoms with Gasteiger partial charge >= 0.3 is 11.9 Å². The SMILES string of the molecule is CCC(C)(C)C(=O)OCCN(C)C.CCC(C)C(=O)OCCOCCOCCOCCOCCOCCOCCOCCOCCO. The number of aliphatic hydroxyl groups is 1. The lowest BCUT2D eigenvalue weighted by Gasteiger charge is -2.20. The van der Waals surface area contributed by atoms with Crippen molar-refractivity contribution >= 4 is 11.9 Å². The van der Waals surface area contributed by atoms with E-state index in [1.165, 1.54) is 0 Å². The predicted octanol–water partition coefficient (Wildman–Crippen LogP) is 2.23. The summed E-state index contributed by atoms with van der Waals surface area (Å²) in [6.45, 7) is 18.7. The Morgan fingerprint density at radius 3 is 1.21 bits per heavy atom. The van der Waals surface area contributed by atoms with E-state index < -0.39 is 0 Å². The quantitative estimate of drug-likeness (QED) is 0.0795. The molecule has 14 nitrogen and oxygen atoms in total. The van der Waals surface area contributed by atoms with Crippen molar-refractivity contribution in [2.75, 3.05) is 146 Å². The normalized spacial score (nSPS) is 12.1. The largest absolute Gasteiger partial charge is 0.464 e. The molecule has 0 bridgehead atoms. The Morgan fingerprint density at radius 2 is 0.915 bits per heavy atom. The summed E-state index contributed by atoms with van der Waals surface area (Å²) in [5.41, 5.74) is -0.341. The molecule has 0 rings (SSSR count). The Morgan fingerprint density at radius 1 is 0.574 bits per heavy atom. The van der Waals surface area contributed by atoms with Gasteiger partial charge in [-0.15, -0.1) is 0 Å². The molecule has 0 aliphatic rings. The average molecular weight is 686 g/mol. The Bertz CT molecular complexity index is 683. The number of nitrogens with zero attached hydrogens (tertiary/aromatic N) is 1. The lowest BCUT2D eigenvalue weighted by Crippen LogP contribution is -2.28. The van der Waals surface area contributed by atoms with Crippen LogP contribution in [-0.2, 0) is 57.0 Å². The molecular formula is C33H67NO13. The third-order valence-corrected chi connectivity index (χ3v) is 6.53. The van der Waals surface area contributed by atoms with Crippen molar-refractivity contribution in [1.29, 1.82) is 0 Å². The molecule has 0 radical (unpaired) electrons. The van der Waals surface area contributed by atoms with Gasteiger partial charge in [-0.2, -0.15) is 0 Å². The molecule has 0 aliphatic carbocycles. The molecule has 1 N–H and O–H groups in total. The number of rotatable bonds is 33. The van der Waals surface area contributed by atoms with E-state index in [1.807, 2.05) is 53.6 Å². The molecule has 0 heterocycles. The van der Waals surface area contributed by atoms with E-state index in [2.05, 4.69) is 0 Å². The second-order valence-corrected chi connectivity index (χ2v) is 11.3. The van der Waals surface area contributed by atoms with Gasteiger partial charge in [0.25, 0.3) is 0 Å². The van der Waals surface area contributed by atoms with Crippen LogP contribution >= 0.6 is 0 Å². The van der Waals surface area contributed by atoms with Crippen molar-refractivity contribution in [3.8, 4) is 0 Å². The van der Waals surface area contributed by atoms with E-state index in [0.717, 1.165) is 19.4 Å². The molecule has 0 amide bonds. The fourth-order valence-corrected chi connectivity index (χ4v) is 2.88. The second-order valence-electron chi connectivity index (χ2n) is 11.3. The van der Waals surface area contributed by atoms with Gasteiger partial charge in [0, 0.05) is 6.54 Å². The van der Waals surface area contributed by atoms with Gasteiger partial charge in [-0.3, -0.25) is 9.59 Å². The Hall–Kier alpha value is -1.46. The van der Waals surface area contributed by atoms with E-state index in [9.17, 15) is 9.59 Å². The molecule has 0 spiro atoms. The fraction of sp³-hybridized carbons (Fsp3) is 0.939. The van der Waals surface area contributed by atoms with Crippen LogP contribution in [0.4, 0.5) is 0 Å². The third-order valence-electron chi connectivity index (χ3n) is 6.53. The minimum Gasteiger partial charge on any atom is -0.464 e. The van der Waals surface area contributed by atoms with Crippen LogP contribution in [0.2, 0.25) is 0 Å². The highest BCUT2D eigenvalue weighted by atomic mass is 16.6. The average Bonchev–Trinajstić information content (AvgIpc) is 3.05. The standard InChI is InChI=1S/C23H46O11.C10H21NO2/c1-3-22(2)23(25)34-21-20-33-19-18-32-17-16-31-15-14-30-13-12-29-11-10-28-9-8-27-7-6-26-5-4-24;1-6-10(2,3)9(12)13-8-7-11(4)5/h22,24H,3-21H2,1-2H3;6-8H2,1-5H3. The van der Waals surface area contributed by atoms with E-state index >= 15 is 0 Å². The molecule has 14 heteroatoms. The van der Waals surface area contributed by atoms with Gasteiger partial charge in [-0.05, 0) is 40.8 Å². The summed E-state index contributed by atoms with van der Waals surface area (Å²) in [6.07, 6.45) is 1.59. The summed E-state index contributed by atoms with van der Waals surface area (Å²) in [5.74, 6) is -0.353. The molecule has 0 fully saturated rings. The van der Waals surface area contributed by atoms with Gasteiger partial charge < -0.3 is 57.4 Å². The van der Waals surface area contributed by atoms with Crippen molar-refractivity contribution < 1.29 is 62.1 Å². The van der Waals surface area contributed by atoms with Crippen molar-refractivity contribution in [2.45, 2.75) is 47.5 Å². The first-order valence-electron chi connectivity index (χ1n) is 16.8. The van der Waals surface area contributed by atoms with Gasteiger partial charge in [-0.1, -0.05) is 20.8 Å². The molecule has 0 aromatic heterocycles. The van der Waals surface area contributed by atoms with Gasteiger partial charge in [0.15, 0.2) is 0 Å². The molecule has 0 saturated heterocycles. The number of ether oxygens (including phenoxy) is 10. The van der Waals surface area contributed by atoms with Crippen LogP contribution in [0.5, 0.6) is 0 Å². The summed E-state index contributed by atoms with van der Waals surface area (Å²) in [6, 6.07) is 0. The Kier molecular flexibility index (Phi) is 36.3. The molecule has 1 unspecified atom stereocenters. The summed E-state index contributed by atoms with van der Waals surface area (Å²) in [5, 5.41) is 8.55. The van der Waals surface area contributed by atoms with Crippen molar-refractivity contribution in [2.24, 2.45) is 11.3 Å². The van der Waals surface area contributed by atoms with Gasteiger partial charge in [0.05, 0.1) is 124 Å². The highest BCUT2D eigenvalue weighted by Crippen LogP contribution is 2.21. The molecule has 282 valence electrons. The number of esters is 2. The van der Waals surface area contributed by atoms with E-state index in [0.29, 0.717) is 112 Å². The number of hydrogen-bond donors (Lipinski definition) is 1. The maximum atomic E-state index is 11.5. The second kappa shape index (κ2) is 35.8. The molecule has 0 aromatic carbocycles. The third kappa shape index (κ3) is 35.7. The zero-order chi connectivity index (χ0) is 35.4. The lowest BCUT2D eigenvalue weighted by molar-refractivity contribution is -0.154. The smallest absolute Gasteiger partial charge is 0.311 e. The fourth-order valence-electron chi connectivity index (χ4n) is 2.88. The number of carbonyl (C=O) groups excluding carboxylic acids is 2. The molecule has 0 saturated carbocycles. The minimum absolute atomic E-state index is 0.0252. The van der Waals surface area contributed by atoms with Gasteiger partial charge in [-0.25, -0.2) is 0 Å². The minimum atomic E-state index is -0.341. The Balaban J connectivity index is 0. The number of hydrogen-bond acceptors (Lipinski definition) is 14. The zero-order valence-corrected chi connectivity index (χ0v) is 30.4. The van der Waals surface area contributed by atoms with E-state index in [1.54, 1.807) is 0 Å². The highest BCUT2D eigenvalue weighted by Gasteiger charge is 2.26. The molecule has 1 atom stereocenters. The summed E-state index contributed by atoms with van der Waals surface area (Å²) in [4.78, 5) is 24.9. The topological polar surface area (TPSA) is 150 Å². The predicted molar refractivity (Wildman–Crippen MR) is 178 cm³/mol. The van der Waals surface area contributed by atoms with Crippen LogP contribution < -0.4 is 0 Å². The first-order valence-corrected chi connectivity index (χ1v) is 16.8. The summed E-state index contributed by atoms with van der Waals surface area (Å²) < 4.78 is 52.9.